The molecule has 17 heavy (non-hydrogen) atoms. The predicted molar refractivity (Wildman–Crippen MR) is 73.8 cm³/mol. The monoisotopic (exact) mass is 244 g/mol. The van der Waals surface area contributed by atoms with Crippen LogP contribution in [0.15, 0.2) is 53.6 Å². The van der Waals surface area contributed by atoms with Crippen LogP contribution in [0.1, 0.15) is 11.1 Å². The maximum atomic E-state index is 5.89. The molecule has 0 amide bonds. The molecule has 0 saturated heterocycles. The number of rotatable bonds is 3. The molecule has 0 aliphatic heterocycles. The highest BCUT2D eigenvalue weighted by molar-refractivity contribution is 6.30. The van der Waals surface area contributed by atoms with Gasteiger partial charge in [-0.1, -0.05) is 35.9 Å². The molecule has 2 rings (SSSR count). The van der Waals surface area contributed by atoms with Gasteiger partial charge < -0.3 is 0 Å². The molecule has 1 N–H and O–H groups in total. The third-order valence-corrected chi connectivity index (χ3v) is 2.64. The summed E-state index contributed by atoms with van der Waals surface area (Å²) in [6, 6.07) is 15.6. The van der Waals surface area contributed by atoms with Gasteiger partial charge in [0.25, 0.3) is 0 Å². The summed E-state index contributed by atoms with van der Waals surface area (Å²) < 4.78 is 0. The smallest absolute Gasteiger partial charge is 0.0561 e. The first-order valence-corrected chi connectivity index (χ1v) is 5.74. The Hall–Kier alpha value is -1.80. The van der Waals surface area contributed by atoms with Crippen molar-refractivity contribution in [3.63, 3.8) is 0 Å². The van der Waals surface area contributed by atoms with Gasteiger partial charge in [-0.05, 0) is 42.3 Å². The second-order valence-electron chi connectivity index (χ2n) is 3.74. The highest BCUT2D eigenvalue weighted by Crippen LogP contribution is 2.13. The molecule has 0 fully saturated rings. The van der Waals surface area contributed by atoms with Crippen LogP contribution in [0.5, 0.6) is 0 Å². The first-order valence-electron chi connectivity index (χ1n) is 5.36. The number of para-hydroxylation sites is 1. The van der Waals surface area contributed by atoms with E-state index < -0.39 is 0 Å². The Morgan fingerprint density at radius 3 is 2.59 bits per heavy atom. The molecule has 0 saturated carbocycles. The van der Waals surface area contributed by atoms with Gasteiger partial charge in [0.2, 0.25) is 0 Å². The Labute approximate surface area is 106 Å². The summed E-state index contributed by atoms with van der Waals surface area (Å²) in [5.41, 5.74) is 6.10. The summed E-state index contributed by atoms with van der Waals surface area (Å²) in [6.07, 6.45) is 1.79. The molecule has 0 unspecified atom stereocenters. The zero-order valence-electron chi connectivity index (χ0n) is 9.52. The summed E-state index contributed by atoms with van der Waals surface area (Å²) in [4.78, 5) is 0. The molecule has 2 nitrogen and oxygen atoms in total. The van der Waals surface area contributed by atoms with Gasteiger partial charge in [-0.25, -0.2) is 0 Å². The Balaban J connectivity index is 2.06. The van der Waals surface area contributed by atoms with Crippen molar-refractivity contribution in [3.8, 4) is 0 Å². The summed E-state index contributed by atoms with van der Waals surface area (Å²) in [6.45, 7) is 2.01. The zero-order chi connectivity index (χ0) is 12.1. The van der Waals surface area contributed by atoms with Crippen molar-refractivity contribution in [1.82, 2.24) is 0 Å². The minimum atomic E-state index is 0.746. The number of nitrogens with zero attached hydrogens (tertiary/aromatic N) is 1. The summed E-state index contributed by atoms with van der Waals surface area (Å²) in [5, 5.41) is 4.93. The molecule has 0 atom stereocenters. The fraction of sp³-hybridized carbons (Fsp3) is 0.0714. The van der Waals surface area contributed by atoms with E-state index in [4.69, 9.17) is 11.6 Å². The average molecular weight is 245 g/mol. The fourth-order valence-electron chi connectivity index (χ4n) is 1.47. The van der Waals surface area contributed by atoms with Crippen molar-refractivity contribution in [3.05, 3.63) is 64.7 Å². The number of halogens is 1. The van der Waals surface area contributed by atoms with E-state index in [0.717, 1.165) is 21.8 Å². The lowest BCUT2D eigenvalue weighted by atomic mass is 10.1. The predicted octanol–water partition coefficient (Wildman–Crippen LogP) is 4.09. The highest BCUT2D eigenvalue weighted by Gasteiger charge is 1.95. The molecule has 0 aliphatic rings. The molecular formula is C14H13ClN2. The quantitative estimate of drug-likeness (QED) is 0.638. The van der Waals surface area contributed by atoms with E-state index in [0.29, 0.717) is 0 Å². The standard InChI is InChI=1S/C14H13ClN2/c1-11-9-13(15)8-7-12(11)10-16-17-14-5-3-2-4-6-14/h2-10,17H,1H3. The van der Waals surface area contributed by atoms with Crippen LogP contribution < -0.4 is 5.43 Å². The first kappa shape index (κ1) is 11.7. The lowest BCUT2D eigenvalue weighted by Crippen LogP contribution is -1.92. The summed E-state index contributed by atoms with van der Waals surface area (Å²) in [5.74, 6) is 0. The number of aryl methyl sites for hydroxylation is 1. The maximum Gasteiger partial charge on any atom is 0.0561 e. The Morgan fingerprint density at radius 2 is 1.88 bits per heavy atom. The van der Waals surface area contributed by atoms with Crippen LogP contribution in [-0.2, 0) is 0 Å². The molecule has 0 aliphatic carbocycles. The van der Waals surface area contributed by atoms with Gasteiger partial charge in [0, 0.05) is 5.02 Å². The largest absolute Gasteiger partial charge is 0.279 e. The van der Waals surface area contributed by atoms with Crippen molar-refractivity contribution in [1.29, 1.82) is 0 Å². The number of anilines is 1. The third-order valence-electron chi connectivity index (χ3n) is 2.40. The zero-order valence-corrected chi connectivity index (χ0v) is 10.3. The van der Waals surface area contributed by atoms with Crippen LogP contribution >= 0.6 is 11.6 Å². The van der Waals surface area contributed by atoms with Crippen molar-refractivity contribution < 1.29 is 0 Å². The minimum absolute atomic E-state index is 0.746. The molecule has 0 heterocycles. The first-order chi connectivity index (χ1) is 8.25. The molecular weight excluding hydrogens is 232 g/mol. The SMILES string of the molecule is Cc1cc(Cl)ccc1C=NNc1ccccc1. The topological polar surface area (TPSA) is 24.4 Å². The second-order valence-corrected chi connectivity index (χ2v) is 4.17. The van der Waals surface area contributed by atoms with Crippen LogP contribution in [0.2, 0.25) is 5.02 Å². The van der Waals surface area contributed by atoms with Crippen molar-refractivity contribution in [2.45, 2.75) is 6.92 Å². The van der Waals surface area contributed by atoms with Gasteiger partial charge in [0.15, 0.2) is 0 Å². The number of hydrogen-bond acceptors (Lipinski definition) is 2. The molecule has 0 bridgehead atoms. The maximum absolute atomic E-state index is 5.89. The van der Waals surface area contributed by atoms with Crippen molar-refractivity contribution in [2.24, 2.45) is 5.10 Å². The fourth-order valence-corrected chi connectivity index (χ4v) is 1.70. The van der Waals surface area contributed by atoms with E-state index in [9.17, 15) is 0 Å². The Kier molecular flexibility index (Phi) is 3.78. The summed E-state index contributed by atoms with van der Waals surface area (Å²) in [7, 11) is 0. The number of nitrogens with one attached hydrogen (secondary N) is 1. The van der Waals surface area contributed by atoms with E-state index >= 15 is 0 Å². The normalized spacial score (nSPS) is 10.7. The molecule has 2 aromatic rings. The van der Waals surface area contributed by atoms with Crippen LogP contribution in [0.4, 0.5) is 5.69 Å². The lowest BCUT2D eigenvalue weighted by molar-refractivity contribution is 1.34. The molecule has 0 aromatic heterocycles. The Bertz CT molecular complexity index is 521. The van der Waals surface area contributed by atoms with E-state index in [1.807, 2.05) is 55.5 Å². The van der Waals surface area contributed by atoms with Gasteiger partial charge in [0.05, 0.1) is 11.9 Å². The second kappa shape index (κ2) is 5.51. The molecule has 86 valence electrons. The Morgan fingerprint density at radius 1 is 1.12 bits per heavy atom. The number of hydrazone groups is 1. The lowest BCUT2D eigenvalue weighted by Gasteiger charge is -2.01. The van der Waals surface area contributed by atoms with Gasteiger partial charge in [-0.15, -0.1) is 0 Å². The van der Waals surface area contributed by atoms with E-state index in [2.05, 4.69) is 10.5 Å². The minimum Gasteiger partial charge on any atom is -0.279 e. The molecule has 0 radical (unpaired) electrons. The van der Waals surface area contributed by atoms with Crippen LogP contribution in [-0.4, -0.2) is 6.21 Å². The number of hydrogen-bond donors (Lipinski definition) is 1. The van der Waals surface area contributed by atoms with Gasteiger partial charge in [-0.2, -0.15) is 5.10 Å². The van der Waals surface area contributed by atoms with Crippen LogP contribution in [0.25, 0.3) is 0 Å². The highest BCUT2D eigenvalue weighted by atomic mass is 35.5. The molecule has 0 spiro atoms. The van der Waals surface area contributed by atoms with Crippen molar-refractivity contribution >= 4 is 23.5 Å². The van der Waals surface area contributed by atoms with Gasteiger partial charge >= 0.3 is 0 Å². The molecule has 3 heteroatoms. The molecule has 2 aromatic carbocycles. The van der Waals surface area contributed by atoms with E-state index in [1.165, 1.54) is 0 Å². The van der Waals surface area contributed by atoms with E-state index in [1.54, 1.807) is 6.21 Å². The average Bonchev–Trinajstić information content (AvgIpc) is 2.33. The number of benzene rings is 2. The van der Waals surface area contributed by atoms with Crippen LogP contribution in [0, 0.1) is 6.92 Å². The van der Waals surface area contributed by atoms with Crippen molar-refractivity contribution in [2.75, 3.05) is 5.43 Å². The van der Waals surface area contributed by atoms with E-state index in [-0.39, 0.29) is 0 Å². The van der Waals surface area contributed by atoms with Gasteiger partial charge in [0.1, 0.15) is 0 Å². The van der Waals surface area contributed by atoms with Gasteiger partial charge in [-0.3, -0.25) is 5.43 Å². The van der Waals surface area contributed by atoms with Crippen LogP contribution in [0.3, 0.4) is 0 Å². The summed E-state index contributed by atoms with van der Waals surface area (Å²) >= 11 is 5.89. The third kappa shape index (κ3) is 3.33.